The molecule has 0 spiro atoms. The number of likely N-dealkylation sites (N-methyl/N-ethyl adjacent to an activating group) is 1. The van der Waals surface area contributed by atoms with Gasteiger partial charge < -0.3 is 35.6 Å². The molecule has 1 aromatic carbocycles. The van der Waals surface area contributed by atoms with E-state index in [9.17, 15) is 24.9 Å². The molecule has 3 unspecified atom stereocenters. The molecule has 9 nitrogen and oxygen atoms in total. The lowest BCUT2D eigenvalue weighted by atomic mass is 10.1. The maximum Gasteiger partial charge on any atom is 0.343 e. The first-order valence-electron chi connectivity index (χ1n) is 6.24. The Morgan fingerprint density at radius 1 is 1.23 bits per heavy atom. The summed E-state index contributed by atoms with van der Waals surface area (Å²) in [5, 5.41) is 49.0. The van der Waals surface area contributed by atoms with Gasteiger partial charge >= 0.3 is 11.9 Å². The van der Waals surface area contributed by atoms with E-state index in [1.165, 1.54) is 6.07 Å². The molecule has 1 rings (SSSR count). The van der Waals surface area contributed by atoms with Gasteiger partial charge in [-0.2, -0.15) is 0 Å². The molecule has 3 atom stereocenters. The molecule has 0 aliphatic carbocycles. The van der Waals surface area contributed by atoms with E-state index < -0.39 is 36.0 Å². The van der Waals surface area contributed by atoms with Gasteiger partial charge in [0.2, 0.25) is 0 Å². The van der Waals surface area contributed by atoms with Crippen LogP contribution in [0.4, 0.5) is 0 Å². The zero-order chi connectivity index (χ0) is 16.9. The number of ether oxygens (including phenoxy) is 1. The summed E-state index contributed by atoms with van der Waals surface area (Å²) in [4.78, 5) is 22.0. The van der Waals surface area contributed by atoms with Crippen LogP contribution in [-0.4, -0.2) is 63.3 Å². The maximum absolute atomic E-state index is 11.5. The lowest BCUT2D eigenvalue weighted by Crippen LogP contribution is -2.41. The number of carbonyl (C=O) groups is 2. The minimum atomic E-state index is -2.35. The zero-order valence-corrected chi connectivity index (χ0v) is 11.6. The smallest absolute Gasteiger partial charge is 0.343 e. The van der Waals surface area contributed by atoms with Crippen molar-refractivity contribution < 1.29 is 39.9 Å². The summed E-state index contributed by atoms with van der Waals surface area (Å²) < 4.78 is 4.65. The molecule has 0 amide bonds. The lowest BCUT2D eigenvalue weighted by Gasteiger charge is -2.15. The highest BCUT2D eigenvalue weighted by Crippen LogP contribution is 2.29. The van der Waals surface area contributed by atoms with Crippen molar-refractivity contribution in [3.05, 3.63) is 23.8 Å². The van der Waals surface area contributed by atoms with E-state index in [0.29, 0.717) is 5.56 Å². The Hall–Kier alpha value is -2.20. The Morgan fingerprint density at radius 3 is 2.41 bits per heavy atom. The van der Waals surface area contributed by atoms with Crippen molar-refractivity contribution in [2.24, 2.45) is 0 Å². The number of hydrogen-bond donors (Lipinski definition) is 6. The Balaban J connectivity index is 2.90. The van der Waals surface area contributed by atoms with Crippen molar-refractivity contribution >= 4 is 11.9 Å². The molecule has 0 aliphatic heterocycles. The van der Waals surface area contributed by atoms with Crippen LogP contribution in [0.3, 0.4) is 0 Å². The summed E-state index contributed by atoms with van der Waals surface area (Å²) in [6.07, 6.45) is -5.60. The van der Waals surface area contributed by atoms with Crippen LogP contribution < -0.4 is 10.1 Å². The number of carbonyl (C=O) groups excluding carboxylic acids is 1. The highest BCUT2D eigenvalue weighted by molar-refractivity contribution is 5.85. The van der Waals surface area contributed by atoms with Gasteiger partial charge in [-0.15, -0.1) is 0 Å². The molecule has 0 aliphatic rings. The molecule has 0 fully saturated rings. The predicted molar refractivity (Wildman–Crippen MR) is 72.3 cm³/mol. The van der Waals surface area contributed by atoms with Gasteiger partial charge in [-0.05, 0) is 24.7 Å². The molecule has 0 bridgehead atoms. The largest absolute Gasteiger partial charge is 0.504 e. The van der Waals surface area contributed by atoms with Gasteiger partial charge in [0.1, 0.15) is 0 Å². The first kappa shape index (κ1) is 17.9. The lowest BCUT2D eigenvalue weighted by molar-refractivity contribution is -0.164. The summed E-state index contributed by atoms with van der Waals surface area (Å²) >= 11 is 0. The topological polar surface area (TPSA) is 157 Å². The number of esters is 1. The average molecular weight is 315 g/mol. The Bertz CT molecular complexity index is 547. The van der Waals surface area contributed by atoms with Gasteiger partial charge in [-0.25, -0.2) is 9.59 Å². The third kappa shape index (κ3) is 4.40. The van der Waals surface area contributed by atoms with Crippen molar-refractivity contribution in [2.75, 3.05) is 13.6 Å². The molecule has 22 heavy (non-hydrogen) atoms. The molecule has 9 heteroatoms. The van der Waals surface area contributed by atoms with E-state index in [4.69, 9.17) is 10.2 Å². The molecule has 1 aromatic rings. The fraction of sp³-hybridized carbons (Fsp3) is 0.385. The van der Waals surface area contributed by atoms with Crippen molar-refractivity contribution in [3.8, 4) is 11.5 Å². The number of aliphatic carboxylic acids is 1. The number of phenols is 1. The molecule has 0 saturated carbocycles. The molecular weight excluding hydrogens is 298 g/mol. The Kier molecular flexibility index (Phi) is 6.25. The van der Waals surface area contributed by atoms with E-state index in [-0.39, 0.29) is 12.3 Å². The van der Waals surface area contributed by atoms with Crippen LogP contribution in [0.15, 0.2) is 18.2 Å². The Labute approximate surface area is 125 Å². The molecule has 0 saturated heterocycles. The summed E-state index contributed by atoms with van der Waals surface area (Å²) in [5.74, 6) is -4.09. The van der Waals surface area contributed by atoms with E-state index in [1.807, 2.05) is 0 Å². The second-order valence-electron chi connectivity index (χ2n) is 4.45. The number of carboxylic acid groups (broad SMARTS) is 1. The van der Waals surface area contributed by atoms with Crippen LogP contribution in [-0.2, 0) is 9.59 Å². The SMILES string of the molecule is CNCC(O)c1ccc(O)c(OC(=O)C(O)C(O)C(=O)O)c1. The first-order chi connectivity index (χ1) is 10.3. The number of aliphatic hydroxyl groups excluding tert-OH is 3. The van der Waals surface area contributed by atoms with Crippen LogP contribution in [0.1, 0.15) is 11.7 Å². The fourth-order valence-corrected chi connectivity index (χ4v) is 1.56. The van der Waals surface area contributed by atoms with Crippen molar-refractivity contribution in [2.45, 2.75) is 18.3 Å². The number of hydrogen-bond acceptors (Lipinski definition) is 8. The average Bonchev–Trinajstić information content (AvgIpc) is 2.47. The molecule has 0 heterocycles. The predicted octanol–water partition coefficient (Wildman–Crippen LogP) is -1.64. The number of aromatic hydroxyl groups is 1. The summed E-state index contributed by atoms with van der Waals surface area (Å²) in [6.45, 7) is 0.207. The summed E-state index contributed by atoms with van der Waals surface area (Å²) in [5.41, 5.74) is 0.322. The minimum Gasteiger partial charge on any atom is -0.504 e. The number of phenolic OH excluding ortho intramolecular Hbond substituents is 1. The van der Waals surface area contributed by atoms with Gasteiger partial charge in [-0.3, -0.25) is 0 Å². The van der Waals surface area contributed by atoms with E-state index in [0.717, 1.165) is 12.1 Å². The number of benzene rings is 1. The molecule has 0 radical (unpaired) electrons. The van der Waals surface area contributed by atoms with Gasteiger partial charge in [0.15, 0.2) is 23.7 Å². The van der Waals surface area contributed by atoms with Crippen LogP contribution in [0.25, 0.3) is 0 Å². The van der Waals surface area contributed by atoms with Crippen LogP contribution in [0, 0.1) is 0 Å². The number of aliphatic hydroxyl groups is 3. The molecular formula is C13H17NO8. The summed E-state index contributed by atoms with van der Waals surface area (Å²) in [6, 6.07) is 3.73. The zero-order valence-electron chi connectivity index (χ0n) is 11.6. The van der Waals surface area contributed by atoms with E-state index in [2.05, 4.69) is 10.1 Å². The number of nitrogens with one attached hydrogen (secondary N) is 1. The van der Waals surface area contributed by atoms with Crippen LogP contribution >= 0.6 is 0 Å². The fourth-order valence-electron chi connectivity index (χ4n) is 1.56. The second kappa shape index (κ2) is 7.71. The normalized spacial score (nSPS) is 14.9. The van der Waals surface area contributed by atoms with Crippen LogP contribution in [0.2, 0.25) is 0 Å². The van der Waals surface area contributed by atoms with Gasteiger partial charge in [0.25, 0.3) is 0 Å². The van der Waals surface area contributed by atoms with Gasteiger partial charge in [0.05, 0.1) is 6.10 Å². The number of rotatable bonds is 7. The second-order valence-corrected chi connectivity index (χ2v) is 4.45. The Morgan fingerprint density at radius 2 is 1.86 bits per heavy atom. The molecule has 122 valence electrons. The highest BCUT2D eigenvalue weighted by atomic mass is 16.6. The quantitative estimate of drug-likeness (QED) is 0.256. The third-order valence-electron chi connectivity index (χ3n) is 2.77. The molecule has 0 aromatic heterocycles. The maximum atomic E-state index is 11.5. The van der Waals surface area contributed by atoms with Gasteiger partial charge in [-0.1, -0.05) is 6.07 Å². The highest BCUT2D eigenvalue weighted by Gasteiger charge is 2.32. The minimum absolute atomic E-state index is 0.207. The monoisotopic (exact) mass is 315 g/mol. The summed E-state index contributed by atoms with van der Waals surface area (Å²) in [7, 11) is 1.62. The van der Waals surface area contributed by atoms with Crippen molar-refractivity contribution in [1.82, 2.24) is 5.32 Å². The van der Waals surface area contributed by atoms with Crippen molar-refractivity contribution in [1.29, 1.82) is 0 Å². The first-order valence-corrected chi connectivity index (χ1v) is 6.24. The molecule has 6 N–H and O–H groups in total. The van der Waals surface area contributed by atoms with Gasteiger partial charge in [0, 0.05) is 6.54 Å². The van der Waals surface area contributed by atoms with E-state index in [1.54, 1.807) is 7.05 Å². The third-order valence-corrected chi connectivity index (χ3v) is 2.77. The number of carboxylic acids is 1. The van der Waals surface area contributed by atoms with E-state index >= 15 is 0 Å². The van der Waals surface area contributed by atoms with Crippen LogP contribution in [0.5, 0.6) is 11.5 Å². The standard InChI is InChI=1S/C13H17NO8/c1-14-5-8(16)6-2-3-7(15)9(4-6)22-13(21)11(18)10(17)12(19)20/h2-4,8,10-11,14-18H,5H2,1H3,(H,19,20). The van der Waals surface area contributed by atoms with Crippen molar-refractivity contribution in [3.63, 3.8) is 0 Å².